The molecule has 0 spiro atoms. The highest BCUT2D eigenvalue weighted by atomic mass is 35.5. The van der Waals surface area contributed by atoms with Gasteiger partial charge < -0.3 is 10.1 Å². The van der Waals surface area contributed by atoms with Crippen LogP contribution in [0, 0.1) is 12.7 Å². The predicted molar refractivity (Wildman–Crippen MR) is 134 cm³/mol. The minimum Gasteiger partial charge on any atom is -0.487 e. The summed E-state index contributed by atoms with van der Waals surface area (Å²) in [5.74, 6) is -0.242. The zero-order chi connectivity index (χ0) is 26.9. The second-order valence-corrected chi connectivity index (χ2v) is 8.94. The Morgan fingerprint density at radius 2 is 2.08 bits per heavy atom. The van der Waals surface area contributed by atoms with Gasteiger partial charge in [0.05, 0.1) is 18.8 Å². The number of carbonyl (C=O) groups is 1. The Hall–Kier alpha value is -3.59. The summed E-state index contributed by atoms with van der Waals surface area (Å²) in [6.45, 7) is 4.34. The largest absolute Gasteiger partial charge is 0.487 e. The second-order valence-electron chi connectivity index (χ2n) is 8.53. The number of amides is 1. The van der Waals surface area contributed by atoms with Gasteiger partial charge in [-0.3, -0.25) is 4.79 Å². The first-order valence-corrected chi connectivity index (χ1v) is 11.6. The summed E-state index contributed by atoms with van der Waals surface area (Å²) in [6, 6.07) is 7.82. The lowest BCUT2D eigenvalue weighted by Gasteiger charge is -2.20. The molecule has 0 aliphatic heterocycles. The minimum absolute atomic E-state index is 0.0331. The van der Waals surface area contributed by atoms with Crippen LogP contribution in [0.4, 0.5) is 8.78 Å². The van der Waals surface area contributed by atoms with Crippen LogP contribution in [0.3, 0.4) is 0 Å². The number of benzene rings is 2. The standard InChI is InChI=1S/C26H26ClF2N5O2/c1-14(28)8-24(35)33-16(3)19-10-17(29)11-22(27)21(19)12-36-23-7-5-6-18-20(9-15(2)32-25(18)23)26-30-13-31-34(26)4/h5-7,9-11,13-14,16H,8,12H2,1-4H3,(H,33,35)/t14?,16-/m0/s1/i16D. The van der Waals surface area contributed by atoms with E-state index in [0.717, 1.165) is 28.8 Å². The second kappa shape index (κ2) is 10.6. The quantitative estimate of drug-likeness (QED) is 0.329. The van der Waals surface area contributed by atoms with E-state index in [2.05, 4.69) is 20.4 Å². The summed E-state index contributed by atoms with van der Waals surface area (Å²) >= 11 is 6.37. The van der Waals surface area contributed by atoms with Crippen molar-refractivity contribution in [2.45, 2.75) is 46.0 Å². The molecule has 0 aliphatic carbocycles. The van der Waals surface area contributed by atoms with Crippen LogP contribution in [0.15, 0.2) is 42.7 Å². The van der Waals surface area contributed by atoms with Crippen LogP contribution >= 0.6 is 11.6 Å². The molecule has 7 nitrogen and oxygen atoms in total. The number of ether oxygens (including phenoxy) is 1. The first-order chi connectivity index (χ1) is 17.5. The molecule has 2 aromatic heterocycles. The molecular weight excluding hydrogens is 488 g/mol. The van der Waals surface area contributed by atoms with Crippen LogP contribution in [0.2, 0.25) is 5.02 Å². The molecule has 2 aromatic carbocycles. The summed E-state index contributed by atoms with van der Waals surface area (Å²) in [6.07, 6.45) is -0.332. The zero-order valence-electron chi connectivity index (χ0n) is 21.3. The number of nitrogens with one attached hydrogen (secondary N) is 1. The zero-order valence-corrected chi connectivity index (χ0v) is 21.0. The number of rotatable bonds is 8. The number of aryl methyl sites for hydroxylation is 2. The molecular formula is C26H26ClF2N5O2. The lowest BCUT2D eigenvalue weighted by Crippen LogP contribution is -2.29. The van der Waals surface area contributed by atoms with Gasteiger partial charge in [0.15, 0.2) is 5.82 Å². The van der Waals surface area contributed by atoms with Crippen molar-refractivity contribution >= 4 is 28.4 Å². The molecule has 4 aromatic rings. The van der Waals surface area contributed by atoms with E-state index >= 15 is 0 Å². The van der Waals surface area contributed by atoms with Crippen molar-refractivity contribution in [3.8, 4) is 17.1 Å². The molecule has 2 heterocycles. The van der Waals surface area contributed by atoms with Gasteiger partial charge in [0.25, 0.3) is 0 Å². The molecule has 1 unspecified atom stereocenters. The van der Waals surface area contributed by atoms with Gasteiger partial charge in [-0.25, -0.2) is 23.4 Å². The van der Waals surface area contributed by atoms with E-state index < -0.39 is 30.3 Å². The van der Waals surface area contributed by atoms with Gasteiger partial charge in [-0.2, -0.15) is 5.10 Å². The highest BCUT2D eigenvalue weighted by Gasteiger charge is 2.20. The minimum atomic E-state index is -1.79. The van der Waals surface area contributed by atoms with Crippen molar-refractivity contribution in [3.05, 3.63) is 70.4 Å². The third kappa shape index (κ3) is 5.46. The summed E-state index contributed by atoms with van der Waals surface area (Å²) in [4.78, 5) is 21.2. The van der Waals surface area contributed by atoms with Crippen LogP contribution in [-0.4, -0.2) is 31.8 Å². The molecule has 1 amide bonds. The number of halogens is 3. The van der Waals surface area contributed by atoms with Crippen LogP contribution in [0.25, 0.3) is 22.3 Å². The number of alkyl halides is 1. The van der Waals surface area contributed by atoms with Crippen molar-refractivity contribution in [2.24, 2.45) is 7.05 Å². The van der Waals surface area contributed by atoms with Crippen LogP contribution in [0.5, 0.6) is 5.75 Å². The van der Waals surface area contributed by atoms with Gasteiger partial charge in [0.2, 0.25) is 5.91 Å². The highest BCUT2D eigenvalue weighted by molar-refractivity contribution is 6.31. The maximum Gasteiger partial charge on any atom is 0.223 e. The lowest BCUT2D eigenvalue weighted by atomic mass is 10.0. The van der Waals surface area contributed by atoms with Gasteiger partial charge in [-0.15, -0.1) is 0 Å². The maximum absolute atomic E-state index is 14.3. The van der Waals surface area contributed by atoms with Crippen LogP contribution < -0.4 is 10.1 Å². The maximum atomic E-state index is 14.3. The Balaban J connectivity index is 1.71. The summed E-state index contributed by atoms with van der Waals surface area (Å²) < 4.78 is 44.1. The van der Waals surface area contributed by atoms with E-state index in [4.69, 9.17) is 17.7 Å². The fourth-order valence-corrected chi connectivity index (χ4v) is 4.27. The average Bonchev–Trinajstić information content (AvgIpc) is 3.22. The first kappa shape index (κ1) is 24.1. The third-order valence-corrected chi connectivity index (χ3v) is 5.95. The molecule has 2 atom stereocenters. The molecule has 10 heteroatoms. The van der Waals surface area contributed by atoms with Crippen LogP contribution in [-0.2, 0) is 18.4 Å². The van der Waals surface area contributed by atoms with E-state index in [1.807, 2.05) is 25.1 Å². The Morgan fingerprint density at radius 1 is 1.31 bits per heavy atom. The van der Waals surface area contributed by atoms with Gasteiger partial charge in [0, 0.05) is 29.3 Å². The molecule has 188 valence electrons. The summed E-state index contributed by atoms with van der Waals surface area (Å²) in [5.41, 5.74) is 2.57. The third-order valence-electron chi connectivity index (χ3n) is 5.61. The van der Waals surface area contributed by atoms with Gasteiger partial charge >= 0.3 is 0 Å². The average molecular weight is 515 g/mol. The fraction of sp³-hybridized carbons (Fsp3) is 0.308. The van der Waals surface area contributed by atoms with Gasteiger partial charge in [-0.1, -0.05) is 23.7 Å². The number of para-hydroxylation sites is 1. The Labute approximate surface area is 213 Å². The molecule has 36 heavy (non-hydrogen) atoms. The number of aromatic nitrogens is 4. The molecule has 0 saturated carbocycles. The Kier molecular flexibility index (Phi) is 7.09. The monoisotopic (exact) mass is 514 g/mol. The number of hydrogen-bond acceptors (Lipinski definition) is 5. The normalized spacial score (nSPS) is 14.2. The van der Waals surface area contributed by atoms with E-state index in [9.17, 15) is 13.6 Å². The van der Waals surface area contributed by atoms with Crippen molar-refractivity contribution < 1.29 is 19.7 Å². The predicted octanol–water partition coefficient (Wildman–Crippen LogP) is 5.64. The molecule has 0 saturated heterocycles. The number of nitrogens with zero attached hydrogens (tertiary/aromatic N) is 4. The molecule has 0 aliphatic rings. The molecule has 1 N–H and O–H groups in total. The van der Waals surface area contributed by atoms with Crippen molar-refractivity contribution in [3.63, 3.8) is 0 Å². The number of pyridine rings is 1. The van der Waals surface area contributed by atoms with Gasteiger partial charge in [0.1, 0.15) is 36.2 Å². The number of hydrogen-bond donors (Lipinski definition) is 1. The Bertz CT molecular complexity index is 1480. The molecule has 0 fully saturated rings. The van der Waals surface area contributed by atoms with Crippen molar-refractivity contribution in [2.75, 3.05) is 0 Å². The van der Waals surface area contributed by atoms with Crippen molar-refractivity contribution in [1.82, 2.24) is 25.1 Å². The summed E-state index contributed by atoms with van der Waals surface area (Å²) in [5, 5.41) is 7.42. The topological polar surface area (TPSA) is 81.9 Å². The van der Waals surface area contributed by atoms with E-state index in [-0.39, 0.29) is 17.2 Å². The van der Waals surface area contributed by atoms with Gasteiger partial charge in [-0.05, 0) is 50.6 Å². The highest BCUT2D eigenvalue weighted by Crippen LogP contribution is 2.34. The summed E-state index contributed by atoms with van der Waals surface area (Å²) in [7, 11) is 1.80. The number of carbonyl (C=O) groups excluding carboxylic acids is 1. The van der Waals surface area contributed by atoms with E-state index in [1.165, 1.54) is 20.2 Å². The molecule has 0 bridgehead atoms. The SMILES string of the molecule is [2H][C@@](C)(NC(=O)CC(C)F)c1cc(F)cc(Cl)c1COc1cccc2c(-c3ncnn3C)cc(C)nc12. The van der Waals surface area contributed by atoms with E-state index in [1.54, 1.807) is 17.8 Å². The Morgan fingerprint density at radius 3 is 2.78 bits per heavy atom. The van der Waals surface area contributed by atoms with Crippen LogP contribution in [0.1, 0.15) is 44.5 Å². The molecule has 4 rings (SSSR count). The first-order valence-electron chi connectivity index (χ1n) is 11.8. The lowest BCUT2D eigenvalue weighted by molar-refractivity contribution is -0.122. The fourth-order valence-electron chi connectivity index (χ4n) is 4.01. The van der Waals surface area contributed by atoms with E-state index in [0.29, 0.717) is 22.7 Å². The molecule has 0 radical (unpaired) electrons. The van der Waals surface area contributed by atoms with Crippen molar-refractivity contribution in [1.29, 1.82) is 0 Å². The number of fused-ring (bicyclic) bond motifs is 1. The smallest absolute Gasteiger partial charge is 0.223 e.